The Balaban J connectivity index is 0.000000425. The molecule has 2 N–H and O–H groups in total. The molecule has 0 aliphatic carbocycles. The smallest absolute Gasteiger partial charge is 0.0871 e. The van der Waals surface area contributed by atoms with E-state index in [2.05, 4.69) is 24.9 Å². The summed E-state index contributed by atoms with van der Waals surface area (Å²) in [4.78, 5) is 9.38. The van der Waals surface area contributed by atoms with Crippen LogP contribution >= 0.6 is 0 Å². The maximum atomic E-state index is 13.0. The van der Waals surface area contributed by atoms with Gasteiger partial charge in [0.15, 0.2) is 0 Å². The van der Waals surface area contributed by atoms with Gasteiger partial charge in [-0.25, -0.2) is 0 Å². The van der Waals surface area contributed by atoms with Crippen molar-refractivity contribution in [3.8, 4) is 11.3 Å². The van der Waals surface area contributed by atoms with Crippen LogP contribution in [0.3, 0.4) is 0 Å². The Labute approximate surface area is 179 Å². The predicted molar refractivity (Wildman–Crippen MR) is 106 cm³/mol. The first kappa shape index (κ1) is 24.3. The van der Waals surface area contributed by atoms with Crippen LogP contribution in [0.25, 0.3) is 22.3 Å². The van der Waals surface area contributed by atoms with Gasteiger partial charge in [-0.2, -0.15) is 0 Å². The quantitative estimate of drug-likeness (QED) is 0.461. The topological polar surface area (TPSA) is 66.2 Å². The fraction of sp³-hybridized carbons (Fsp3) is 0.364. The molecule has 0 bridgehead atoms. The molecule has 0 fully saturated rings. The van der Waals surface area contributed by atoms with Gasteiger partial charge in [-0.15, -0.1) is 29.8 Å². The summed E-state index contributed by atoms with van der Waals surface area (Å²) in [7, 11) is 0. The third-order valence-corrected chi connectivity index (χ3v) is 3.86. The molecule has 3 rings (SSSR count). The van der Waals surface area contributed by atoms with Crippen LogP contribution in [0.5, 0.6) is 0 Å². The predicted octanol–water partition coefficient (Wildman–Crippen LogP) is 4.50. The minimum Gasteiger partial charge on any atom is -0.393 e. The van der Waals surface area contributed by atoms with Gasteiger partial charge in [0, 0.05) is 37.3 Å². The number of aromatic nitrogens is 2. The van der Waals surface area contributed by atoms with Crippen LogP contribution < -0.4 is 0 Å². The Bertz CT molecular complexity index is 862. The second-order valence-corrected chi connectivity index (χ2v) is 6.96. The Kier molecular flexibility index (Phi) is 9.83. The summed E-state index contributed by atoms with van der Waals surface area (Å²) >= 11 is 0. The van der Waals surface area contributed by atoms with E-state index in [1.54, 1.807) is 19.9 Å². The Morgan fingerprint density at radius 3 is 1.93 bits per heavy atom. The molecule has 6 heteroatoms. The molecule has 4 nitrogen and oxygen atoms in total. The summed E-state index contributed by atoms with van der Waals surface area (Å²) in [5.41, 5.74) is 4.17. The van der Waals surface area contributed by atoms with Gasteiger partial charge in [-0.1, -0.05) is 26.0 Å². The van der Waals surface area contributed by atoms with Crippen molar-refractivity contribution in [1.82, 2.24) is 9.97 Å². The third-order valence-electron chi connectivity index (χ3n) is 3.86. The van der Waals surface area contributed by atoms with E-state index in [4.69, 9.17) is 15.2 Å². The summed E-state index contributed by atoms with van der Waals surface area (Å²) in [6.07, 6.45) is -0.278. The van der Waals surface area contributed by atoms with E-state index < -0.39 is 0 Å². The molecule has 0 saturated heterocycles. The fourth-order valence-corrected chi connectivity index (χ4v) is 2.66. The molecule has 2 atom stereocenters. The fourth-order valence-electron chi connectivity index (χ4n) is 2.66. The van der Waals surface area contributed by atoms with Crippen molar-refractivity contribution in [1.29, 1.82) is 0 Å². The molecule has 0 aliphatic heterocycles. The van der Waals surface area contributed by atoms with Gasteiger partial charge in [0.2, 0.25) is 0 Å². The second kappa shape index (κ2) is 11.3. The molecular weight excluding hydrogens is 535 g/mol. The zero-order valence-corrected chi connectivity index (χ0v) is 18.9. The van der Waals surface area contributed by atoms with Gasteiger partial charge in [0.1, 0.15) is 0 Å². The number of aliphatic hydroxyl groups excluding tert-OH is 2. The standard InChI is InChI=1S/C17H14FN2.C5H12O2.Ir/c1-11(2)16-17(12-7-9-13(18)10-8-12)20-15-6-4-3-5-14(15)19-16;1-4(6)3-5(2)7;/h3-7,9-11H,1-2H3;4-7H,3H2,1-2H3;/q-1;;. The van der Waals surface area contributed by atoms with Crippen molar-refractivity contribution in [2.75, 3.05) is 0 Å². The Morgan fingerprint density at radius 1 is 0.929 bits per heavy atom. The molecule has 1 heterocycles. The van der Waals surface area contributed by atoms with Gasteiger partial charge < -0.3 is 10.2 Å². The van der Waals surface area contributed by atoms with Crippen molar-refractivity contribution in [2.45, 2.75) is 52.2 Å². The van der Waals surface area contributed by atoms with Crippen molar-refractivity contribution in [3.05, 3.63) is 60.0 Å². The normalized spacial score (nSPS) is 12.7. The zero-order chi connectivity index (χ0) is 20.0. The van der Waals surface area contributed by atoms with Gasteiger partial charge in [0.05, 0.1) is 23.2 Å². The number of halogens is 1. The number of fused-ring (bicyclic) bond motifs is 1. The number of hydrogen-bond donors (Lipinski definition) is 2. The second-order valence-electron chi connectivity index (χ2n) is 6.96. The van der Waals surface area contributed by atoms with Crippen molar-refractivity contribution < 1.29 is 34.7 Å². The minimum atomic E-state index is -0.375. The molecule has 1 aromatic heterocycles. The molecular formula is C22H26FIrN2O2-. The number of nitrogens with zero attached hydrogens (tertiary/aromatic N) is 2. The Morgan fingerprint density at radius 2 is 1.50 bits per heavy atom. The van der Waals surface area contributed by atoms with Crippen molar-refractivity contribution in [3.63, 3.8) is 0 Å². The SMILES string of the molecule is CC(C)c1nc2ccccc2nc1-c1[c-]cc(F)cc1.CC(O)CC(C)O.[Ir]. The van der Waals surface area contributed by atoms with E-state index >= 15 is 0 Å². The van der Waals surface area contributed by atoms with Crippen LogP contribution in [-0.2, 0) is 20.1 Å². The van der Waals surface area contributed by atoms with Gasteiger partial charge in [0.25, 0.3) is 0 Å². The van der Waals surface area contributed by atoms with Crippen LogP contribution in [-0.4, -0.2) is 32.4 Å². The monoisotopic (exact) mass is 562 g/mol. The number of aliphatic hydroxyl groups is 2. The van der Waals surface area contributed by atoms with Crippen LogP contribution in [0.4, 0.5) is 4.39 Å². The van der Waals surface area contributed by atoms with Crippen LogP contribution in [0.1, 0.15) is 45.7 Å². The molecule has 3 aromatic rings. The number of para-hydroxylation sites is 2. The first-order valence-corrected chi connectivity index (χ1v) is 9.08. The van der Waals surface area contributed by atoms with E-state index in [0.717, 1.165) is 28.0 Å². The van der Waals surface area contributed by atoms with E-state index in [-0.39, 0.29) is 44.0 Å². The zero-order valence-electron chi connectivity index (χ0n) is 16.5. The number of rotatable bonds is 4. The summed E-state index contributed by atoms with van der Waals surface area (Å²) in [5, 5.41) is 17.1. The molecule has 2 unspecified atom stereocenters. The first-order valence-electron chi connectivity index (χ1n) is 9.08. The van der Waals surface area contributed by atoms with Gasteiger partial charge in [-0.05, 0) is 38.3 Å². The first-order chi connectivity index (χ1) is 12.8. The Hall–Kier alpha value is -1.72. The maximum absolute atomic E-state index is 13.0. The van der Waals surface area contributed by atoms with E-state index in [9.17, 15) is 4.39 Å². The number of hydrogen-bond acceptors (Lipinski definition) is 4. The molecule has 1 radical (unpaired) electrons. The largest absolute Gasteiger partial charge is 0.393 e. The molecule has 0 amide bonds. The van der Waals surface area contributed by atoms with E-state index in [1.165, 1.54) is 12.1 Å². The molecule has 0 aliphatic rings. The molecule has 153 valence electrons. The van der Waals surface area contributed by atoms with Crippen LogP contribution in [0, 0.1) is 11.9 Å². The summed E-state index contributed by atoms with van der Waals surface area (Å²) in [5.74, 6) is -0.0610. The molecule has 0 saturated carbocycles. The number of benzene rings is 2. The van der Waals surface area contributed by atoms with Crippen LogP contribution in [0.15, 0.2) is 42.5 Å². The van der Waals surface area contributed by atoms with Gasteiger partial charge in [-0.3, -0.25) is 14.4 Å². The molecule has 28 heavy (non-hydrogen) atoms. The molecule has 0 spiro atoms. The van der Waals surface area contributed by atoms with Crippen molar-refractivity contribution >= 4 is 11.0 Å². The van der Waals surface area contributed by atoms with Crippen LogP contribution in [0.2, 0.25) is 0 Å². The maximum Gasteiger partial charge on any atom is 0.0871 e. The van der Waals surface area contributed by atoms with E-state index in [0.29, 0.717) is 6.42 Å². The summed E-state index contributed by atoms with van der Waals surface area (Å²) < 4.78 is 13.0. The average Bonchev–Trinajstić information content (AvgIpc) is 2.60. The van der Waals surface area contributed by atoms with Crippen molar-refractivity contribution in [2.24, 2.45) is 0 Å². The van der Waals surface area contributed by atoms with E-state index in [1.807, 2.05) is 24.3 Å². The minimum absolute atomic E-state index is 0. The third kappa shape index (κ3) is 7.02. The molecule has 2 aromatic carbocycles. The van der Waals surface area contributed by atoms with Gasteiger partial charge >= 0.3 is 0 Å². The summed E-state index contributed by atoms with van der Waals surface area (Å²) in [6, 6.07) is 15.1. The summed E-state index contributed by atoms with van der Waals surface area (Å²) in [6.45, 7) is 7.47. The average molecular weight is 562 g/mol.